The summed E-state index contributed by atoms with van der Waals surface area (Å²) in [7, 11) is 0. The molecule has 2 aromatic rings. The van der Waals surface area contributed by atoms with E-state index in [1.54, 1.807) is 18.2 Å². The number of amides is 1. The molecule has 2 heterocycles. The van der Waals surface area contributed by atoms with Gasteiger partial charge in [-0.3, -0.25) is 14.5 Å². The first kappa shape index (κ1) is 23.3. The van der Waals surface area contributed by atoms with E-state index in [2.05, 4.69) is 29.3 Å². The third kappa shape index (κ3) is 4.78. The number of nitrogens with one attached hydrogen (secondary N) is 1. The van der Waals surface area contributed by atoms with Gasteiger partial charge in [-0.15, -0.1) is 12.4 Å². The second-order valence-electron chi connectivity index (χ2n) is 8.75. The van der Waals surface area contributed by atoms with E-state index in [4.69, 9.17) is 4.74 Å². The van der Waals surface area contributed by atoms with Gasteiger partial charge in [-0.1, -0.05) is 6.07 Å². The van der Waals surface area contributed by atoms with Crippen molar-refractivity contribution in [1.29, 1.82) is 0 Å². The molecule has 0 saturated carbocycles. The van der Waals surface area contributed by atoms with Crippen LogP contribution in [0.2, 0.25) is 0 Å². The van der Waals surface area contributed by atoms with Crippen LogP contribution in [0.15, 0.2) is 36.4 Å². The molecule has 2 aromatic carbocycles. The standard InChI is InChI=1S/C25H30N2O3.ClH/c1-15(2)30-24-10-8-19(13-21(24)17(4)28)25(29)26-20-9-7-18-12-16(3)27-11-5-6-23(27)22(18)14-20;/h7-10,13-16,23H,5-6,11-12H2,1-4H3,(H,26,29);1H. The number of anilines is 1. The Hall–Kier alpha value is -2.37. The summed E-state index contributed by atoms with van der Waals surface area (Å²) in [6.07, 6.45) is 3.41. The predicted octanol–water partition coefficient (Wildman–Crippen LogP) is 5.43. The summed E-state index contributed by atoms with van der Waals surface area (Å²) < 4.78 is 5.71. The van der Waals surface area contributed by atoms with E-state index in [9.17, 15) is 9.59 Å². The summed E-state index contributed by atoms with van der Waals surface area (Å²) in [4.78, 5) is 27.5. The Balaban J connectivity index is 0.00000272. The van der Waals surface area contributed by atoms with Gasteiger partial charge in [0.15, 0.2) is 5.78 Å². The largest absolute Gasteiger partial charge is 0.490 e. The zero-order valence-electron chi connectivity index (χ0n) is 18.6. The molecule has 1 N–H and O–H groups in total. The van der Waals surface area contributed by atoms with Gasteiger partial charge in [0.05, 0.1) is 11.7 Å². The number of nitrogens with zero attached hydrogens (tertiary/aromatic N) is 1. The highest BCUT2D eigenvalue weighted by molar-refractivity contribution is 6.07. The summed E-state index contributed by atoms with van der Waals surface area (Å²) in [6, 6.07) is 12.3. The third-order valence-corrected chi connectivity index (χ3v) is 6.12. The lowest BCUT2D eigenvalue weighted by atomic mass is 9.89. The van der Waals surface area contributed by atoms with Crippen LogP contribution in [0.4, 0.5) is 5.69 Å². The fraction of sp³-hybridized carbons (Fsp3) is 0.440. The first-order chi connectivity index (χ1) is 14.3. The van der Waals surface area contributed by atoms with E-state index >= 15 is 0 Å². The molecule has 1 fully saturated rings. The number of rotatable bonds is 5. The van der Waals surface area contributed by atoms with E-state index in [0.29, 0.717) is 29.0 Å². The molecule has 1 saturated heterocycles. The number of benzene rings is 2. The van der Waals surface area contributed by atoms with Gasteiger partial charge in [-0.25, -0.2) is 0 Å². The maximum absolute atomic E-state index is 12.9. The summed E-state index contributed by atoms with van der Waals surface area (Å²) in [5.74, 6) is 0.170. The van der Waals surface area contributed by atoms with Gasteiger partial charge < -0.3 is 10.1 Å². The number of hydrogen-bond donors (Lipinski definition) is 1. The SMILES string of the molecule is CC(=O)c1cc(C(=O)Nc2ccc3c(c2)C2CCCN2C(C)C3)ccc1OC(C)C.Cl. The van der Waals surface area contributed by atoms with Crippen LogP contribution in [0.3, 0.4) is 0 Å². The zero-order chi connectivity index (χ0) is 21.4. The fourth-order valence-electron chi connectivity index (χ4n) is 4.76. The van der Waals surface area contributed by atoms with Crippen molar-refractivity contribution in [1.82, 2.24) is 4.90 Å². The molecule has 2 atom stereocenters. The molecule has 2 aliphatic rings. The zero-order valence-corrected chi connectivity index (χ0v) is 19.4. The molecule has 5 nitrogen and oxygen atoms in total. The fourth-order valence-corrected chi connectivity index (χ4v) is 4.76. The molecule has 0 bridgehead atoms. The van der Waals surface area contributed by atoms with Gasteiger partial charge >= 0.3 is 0 Å². The highest BCUT2D eigenvalue weighted by Gasteiger charge is 2.35. The number of carbonyl (C=O) groups is 2. The van der Waals surface area contributed by atoms with Crippen LogP contribution in [0.25, 0.3) is 0 Å². The van der Waals surface area contributed by atoms with E-state index in [-0.39, 0.29) is 30.2 Å². The molecule has 4 rings (SSSR count). The van der Waals surface area contributed by atoms with E-state index in [1.807, 2.05) is 19.9 Å². The molecule has 2 unspecified atom stereocenters. The van der Waals surface area contributed by atoms with Gasteiger partial charge in [-0.05, 0) is 95.0 Å². The summed E-state index contributed by atoms with van der Waals surface area (Å²) in [5, 5.41) is 3.02. The molecular formula is C25H31ClN2O3. The minimum absolute atomic E-state index is 0. The van der Waals surface area contributed by atoms with Crippen LogP contribution in [0.1, 0.15) is 78.4 Å². The van der Waals surface area contributed by atoms with Crippen molar-refractivity contribution in [3.8, 4) is 5.75 Å². The molecule has 166 valence electrons. The molecule has 0 aliphatic carbocycles. The number of hydrogen-bond acceptors (Lipinski definition) is 4. The Labute approximate surface area is 190 Å². The average molecular weight is 443 g/mol. The van der Waals surface area contributed by atoms with Crippen molar-refractivity contribution >= 4 is 29.8 Å². The second kappa shape index (κ2) is 9.41. The lowest BCUT2D eigenvalue weighted by molar-refractivity contribution is 0.101. The van der Waals surface area contributed by atoms with Gasteiger partial charge in [0.1, 0.15) is 5.75 Å². The smallest absolute Gasteiger partial charge is 0.255 e. The van der Waals surface area contributed by atoms with E-state index < -0.39 is 0 Å². The average Bonchev–Trinajstić information content (AvgIpc) is 3.19. The maximum atomic E-state index is 12.9. The Bertz CT molecular complexity index is 989. The first-order valence-corrected chi connectivity index (χ1v) is 10.8. The molecule has 31 heavy (non-hydrogen) atoms. The normalized spacial score (nSPS) is 19.9. The predicted molar refractivity (Wildman–Crippen MR) is 126 cm³/mol. The Morgan fingerprint density at radius 1 is 1.16 bits per heavy atom. The lowest BCUT2D eigenvalue weighted by Gasteiger charge is -2.37. The molecule has 0 radical (unpaired) electrons. The van der Waals surface area contributed by atoms with Crippen LogP contribution in [-0.4, -0.2) is 35.3 Å². The van der Waals surface area contributed by atoms with E-state index in [0.717, 1.165) is 18.7 Å². The Morgan fingerprint density at radius 3 is 2.65 bits per heavy atom. The van der Waals surface area contributed by atoms with Crippen LogP contribution in [-0.2, 0) is 6.42 Å². The van der Waals surface area contributed by atoms with Crippen LogP contribution >= 0.6 is 12.4 Å². The minimum Gasteiger partial charge on any atom is -0.490 e. The summed E-state index contributed by atoms with van der Waals surface area (Å²) in [6.45, 7) is 8.76. The van der Waals surface area contributed by atoms with Crippen LogP contribution in [0, 0.1) is 0 Å². The number of Topliss-reactive ketones (excluding diaryl/α,β-unsaturated/α-hetero) is 1. The van der Waals surface area contributed by atoms with Gasteiger partial charge in [0.2, 0.25) is 0 Å². The van der Waals surface area contributed by atoms with Crippen molar-refractivity contribution < 1.29 is 14.3 Å². The van der Waals surface area contributed by atoms with Crippen molar-refractivity contribution in [3.63, 3.8) is 0 Å². The Morgan fingerprint density at radius 2 is 1.94 bits per heavy atom. The Kier molecular flexibility index (Phi) is 7.07. The minimum atomic E-state index is -0.221. The highest BCUT2D eigenvalue weighted by atomic mass is 35.5. The van der Waals surface area contributed by atoms with Gasteiger partial charge in [0.25, 0.3) is 5.91 Å². The number of ketones is 1. The van der Waals surface area contributed by atoms with Crippen molar-refractivity contribution in [2.24, 2.45) is 0 Å². The van der Waals surface area contributed by atoms with Crippen molar-refractivity contribution in [3.05, 3.63) is 58.7 Å². The summed E-state index contributed by atoms with van der Waals surface area (Å²) in [5.41, 5.74) is 4.40. The monoisotopic (exact) mass is 442 g/mol. The van der Waals surface area contributed by atoms with Crippen LogP contribution < -0.4 is 10.1 Å². The van der Waals surface area contributed by atoms with Crippen molar-refractivity contribution in [2.75, 3.05) is 11.9 Å². The number of carbonyl (C=O) groups excluding carboxylic acids is 2. The second-order valence-corrected chi connectivity index (χ2v) is 8.75. The van der Waals surface area contributed by atoms with Gasteiger partial charge in [0, 0.05) is 23.3 Å². The molecule has 6 heteroatoms. The molecule has 2 aliphatic heterocycles. The van der Waals surface area contributed by atoms with E-state index in [1.165, 1.54) is 30.9 Å². The van der Waals surface area contributed by atoms with Crippen molar-refractivity contribution in [2.45, 2.75) is 65.1 Å². The highest BCUT2D eigenvalue weighted by Crippen LogP contribution is 2.41. The topological polar surface area (TPSA) is 58.6 Å². The number of halogens is 1. The first-order valence-electron chi connectivity index (χ1n) is 10.8. The molecule has 0 spiro atoms. The number of ether oxygens (including phenoxy) is 1. The third-order valence-electron chi connectivity index (χ3n) is 6.12. The quantitative estimate of drug-likeness (QED) is 0.627. The molecular weight excluding hydrogens is 412 g/mol. The van der Waals surface area contributed by atoms with Gasteiger partial charge in [-0.2, -0.15) is 0 Å². The summed E-state index contributed by atoms with van der Waals surface area (Å²) >= 11 is 0. The molecule has 1 amide bonds. The maximum Gasteiger partial charge on any atom is 0.255 e. The van der Waals surface area contributed by atoms with Crippen LogP contribution in [0.5, 0.6) is 5.75 Å². The lowest BCUT2D eigenvalue weighted by Crippen LogP contribution is -2.38. The number of fused-ring (bicyclic) bond motifs is 3. The molecule has 0 aromatic heterocycles.